The number of aliphatic imine (C=N–C) groups is 1. The van der Waals surface area contributed by atoms with Gasteiger partial charge in [-0.3, -0.25) is 43.3 Å². The molecule has 24 nitrogen and oxygen atoms in total. The molecule has 0 spiro atoms. The standard InChI is InChI=1S/C55H67N15O9S2/c1-30(71)46(47(57)72)70-54(79)44-29-81-80-28-43(68-48(73)37(56)23-31-11-3-2-4-12-31)53(78)67-42(26-45-60-21-22-61-45)52(77)66-40(24-33-15-9-14-32-13-5-6-16-35(32)33)50(75)64-39(19-10-20-62-55(58)59)49(74)65-41(51(76)69-44)25-34-27-63-38-18-8-7-17-36(34)38/h2-9,11-18,21-22,27,30,37,39-44,46,63,71H,10,19-20,23-26,28-29,56H2,1H3,(H2,57,72)(H,60,61)(H,64,75)(H,65,74)(H,66,77)(H,67,78)(H,68,73)(H,69,76)(H,70,79)(H4,58,59,62)/t30-,37-,39+,40-,41-,42+,43+,44-,46+/m1/s1. The van der Waals surface area contributed by atoms with Crippen LogP contribution in [0.15, 0.2) is 121 Å². The summed E-state index contributed by atoms with van der Waals surface area (Å²) in [6.07, 6.45) is 2.89. The molecular formula is C55H67N15O9S2. The maximum absolute atomic E-state index is 15.1. The Morgan fingerprint density at radius 1 is 0.704 bits per heavy atom. The molecule has 1 saturated heterocycles. The van der Waals surface area contributed by atoms with Gasteiger partial charge in [-0.2, -0.15) is 0 Å². The molecule has 8 amide bonds. The highest BCUT2D eigenvalue weighted by Gasteiger charge is 2.36. The van der Waals surface area contributed by atoms with Crippen LogP contribution in [-0.2, 0) is 64.0 Å². The van der Waals surface area contributed by atoms with Crippen LogP contribution in [0.25, 0.3) is 21.7 Å². The maximum atomic E-state index is 15.1. The predicted molar refractivity (Wildman–Crippen MR) is 309 cm³/mol. The monoisotopic (exact) mass is 1150 g/mol. The minimum atomic E-state index is -1.59. The predicted octanol–water partition coefficient (Wildman–Crippen LogP) is -0.650. The van der Waals surface area contributed by atoms with Gasteiger partial charge in [0.15, 0.2) is 5.96 Å². The van der Waals surface area contributed by atoms with Gasteiger partial charge in [-0.1, -0.05) is 113 Å². The zero-order valence-corrected chi connectivity index (χ0v) is 45.9. The molecule has 1 fully saturated rings. The number of nitrogens with zero attached hydrogens (tertiary/aromatic N) is 2. The maximum Gasteiger partial charge on any atom is 0.244 e. The fourth-order valence-corrected chi connectivity index (χ4v) is 11.4. The molecule has 81 heavy (non-hydrogen) atoms. The van der Waals surface area contributed by atoms with Crippen molar-refractivity contribution in [3.8, 4) is 0 Å². The summed E-state index contributed by atoms with van der Waals surface area (Å²) in [6, 6.07) is 17.8. The van der Waals surface area contributed by atoms with E-state index in [1.54, 1.807) is 48.7 Å². The van der Waals surface area contributed by atoms with Gasteiger partial charge >= 0.3 is 0 Å². The highest BCUT2D eigenvalue weighted by atomic mass is 33.1. The van der Waals surface area contributed by atoms with E-state index in [0.717, 1.165) is 48.8 Å². The van der Waals surface area contributed by atoms with E-state index in [9.17, 15) is 38.7 Å². The number of hydrogen-bond acceptors (Lipinski definition) is 14. The van der Waals surface area contributed by atoms with Crippen LogP contribution >= 0.6 is 21.6 Å². The number of guanidine groups is 1. The number of fused-ring (bicyclic) bond motifs is 2. The number of H-pyrrole nitrogens is 2. The molecule has 26 heteroatoms. The van der Waals surface area contributed by atoms with Gasteiger partial charge in [0.1, 0.15) is 48.1 Å². The lowest BCUT2D eigenvalue weighted by Crippen LogP contribution is -2.61. The molecule has 2 aromatic heterocycles. The summed E-state index contributed by atoms with van der Waals surface area (Å²) < 4.78 is 0. The Kier molecular flexibility index (Phi) is 21.6. The van der Waals surface area contributed by atoms with Crippen LogP contribution in [0, 0.1) is 0 Å². The molecule has 4 aromatic carbocycles. The van der Waals surface area contributed by atoms with Gasteiger partial charge in [-0.15, -0.1) is 0 Å². The Balaban J connectivity index is 1.31. The van der Waals surface area contributed by atoms with Crippen molar-refractivity contribution in [2.24, 2.45) is 27.9 Å². The summed E-state index contributed by atoms with van der Waals surface area (Å²) in [4.78, 5) is 129. The molecule has 6 aromatic rings. The number of aromatic nitrogens is 3. The first-order chi connectivity index (χ1) is 38.9. The second-order valence-electron chi connectivity index (χ2n) is 19.5. The van der Waals surface area contributed by atoms with E-state index in [0.29, 0.717) is 11.1 Å². The lowest BCUT2D eigenvalue weighted by molar-refractivity contribution is -0.135. The minimum absolute atomic E-state index is 0.0389. The number of amides is 8. The van der Waals surface area contributed by atoms with Crippen molar-refractivity contribution in [2.75, 3.05) is 18.1 Å². The van der Waals surface area contributed by atoms with E-state index in [1.165, 1.54) is 19.3 Å². The first-order valence-corrected chi connectivity index (χ1v) is 28.6. The quantitative estimate of drug-likeness (QED) is 0.0220. The van der Waals surface area contributed by atoms with E-state index >= 15 is 4.79 Å². The summed E-state index contributed by atoms with van der Waals surface area (Å²) >= 11 is 0. The number of primary amides is 1. The Morgan fingerprint density at radius 3 is 2.00 bits per heavy atom. The van der Waals surface area contributed by atoms with Crippen molar-refractivity contribution in [2.45, 2.75) is 99.9 Å². The van der Waals surface area contributed by atoms with Crippen molar-refractivity contribution in [3.05, 3.63) is 138 Å². The van der Waals surface area contributed by atoms with Crippen molar-refractivity contribution >= 4 is 96.5 Å². The normalized spacial score (nSPS) is 21.0. The Bertz CT molecular complexity index is 3190. The summed E-state index contributed by atoms with van der Waals surface area (Å²) in [5.74, 6) is -7.27. The average Bonchev–Trinajstić information content (AvgIpc) is 4.13. The van der Waals surface area contributed by atoms with Crippen molar-refractivity contribution in [3.63, 3.8) is 0 Å². The molecule has 0 bridgehead atoms. The van der Waals surface area contributed by atoms with E-state index in [-0.39, 0.29) is 68.4 Å². The number of rotatable bonds is 18. The molecule has 7 rings (SSSR count). The molecule has 0 unspecified atom stereocenters. The smallest absolute Gasteiger partial charge is 0.244 e. The first kappa shape index (κ1) is 60.2. The van der Waals surface area contributed by atoms with Crippen molar-refractivity contribution < 1.29 is 43.5 Å². The van der Waals surface area contributed by atoms with E-state index in [2.05, 4.69) is 57.2 Å². The number of nitrogens with two attached hydrogens (primary N) is 4. The third kappa shape index (κ3) is 17.3. The average molecular weight is 1150 g/mol. The fourth-order valence-electron chi connectivity index (χ4n) is 9.10. The van der Waals surface area contributed by atoms with Crippen LogP contribution < -0.4 is 60.2 Å². The van der Waals surface area contributed by atoms with Gasteiger partial charge < -0.3 is 75.2 Å². The van der Waals surface area contributed by atoms with Crippen LogP contribution in [-0.4, -0.2) is 146 Å². The third-order valence-electron chi connectivity index (χ3n) is 13.4. The second kappa shape index (κ2) is 29.1. The van der Waals surface area contributed by atoms with Crippen molar-refractivity contribution in [1.29, 1.82) is 0 Å². The first-order valence-electron chi connectivity index (χ1n) is 26.1. The lowest BCUT2D eigenvalue weighted by atomic mass is 9.97. The number of imidazole rings is 1. The number of nitrogens with one attached hydrogen (secondary N) is 9. The number of carbonyl (C=O) groups is 8. The van der Waals surface area contributed by atoms with Gasteiger partial charge in [0.25, 0.3) is 0 Å². The summed E-state index contributed by atoms with van der Waals surface area (Å²) in [5.41, 5.74) is 26.0. The second-order valence-corrected chi connectivity index (χ2v) is 22.0. The highest BCUT2D eigenvalue weighted by Crippen LogP contribution is 2.25. The zero-order valence-electron chi connectivity index (χ0n) is 44.3. The Hall–Kier alpha value is -8.46. The molecule has 0 aliphatic carbocycles. The van der Waals surface area contributed by atoms with Crippen LogP contribution in [0.4, 0.5) is 0 Å². The number of para-hydroxylation sites is 1. The molecule has 0 saturated carbocycles. The van der Waals surface area contributed by atoms with Gasteiger partial charge in [-0.05, 0) is 59.7 Å². The molecule has 1 aliphatic rings. The van der Waals surface area contributed by atoms with Gasteiger partial charge in [0, 0.05) is 66.8 Å². The van der Waals surface area contributed by atoms with E-state index in [1.807, 2.05) is 54.6 Å². The van der Waals surface area contributed by atoms with Gasteiger partial charge in [0.05, 0.1) is 12.1 Å². The van der Waals surface area contributed by atoms with Crippen LogP contribution in [0.3, 0.4) is 0 Å². The van der Waals surface area contributed by atoms with E-state index in [4.69, 9.17) is 22.9 Å². The molecule has 0 radical (unpaired) electrons. The van der Waals surface area contributed by atoms with Gasteiger partial charge in [0.2, 0.25) is 47.3 Å². The molecule has 9 atom stereocenters. The Labute approximate surface area is 474 Å². The van der Waals surface area contributed by atoms with Crippen molar-refractivity contribution in [1.82, 2.24) is 52.2 Å². The lowest BCUT2D eigenvalue weighted by Gasteiger charge is -2.29. The largest absolute Gasteiger partial charge is 0.391 e. The van der Waals surface area contributed by atoms with E-state index < -0.39 is 102 Å². The molecular weight excluding hydrogens is 1080 g/mol. The number of hydrogen-bond donors (Lipinski definition) is 14. The zero-order chi connectivity index (χ0) is 58.0. The fraction of sp³-hybridized carbons (Fsp3) is 0.345. The summed E-state index contributed by atoms with van der Waals surface area (Å²) in [5, 5.41) is 31.9. The SMILES string of the molecule is C[C@@H](O)[C@H](NC(=O)[C@H]1CSSC[C@H](NC(=O)[C@H](N)Cc2ccccc2)C(=O)N[C@@H](Cc2ncc[nH]2)C(=O)N[C@H](Cc2cccc3ccccc23)C(=O)N[C@@H](CCCN=C(N)N)C(=O)N[C@H](Cc2c[nH]c3ccccc23)C(=O)N1)C(N)=O. The molecule has 1 aliphatic heterocycles. The Morgan fingerprint density at radius 2 is 1.31 bits per heavy atom. The molecule has 18 N–H and O–H groups in total. The number of benzene rings is 4. The summed E-state index contributed by atoms with van der Waals surface area (Å²) in [6.45, 7) is 1.28. The molecule has 3 heterocycles. The third-order valence-corrected chi connectivity index (χ3v) is 15.8. The minimum Gasteiger partial charge on any atom is -0.391 e. The highest BCUT2D eigenvalue weighted by molar-refractivity contribution is 8.76. The van der Waals surface area contributed by atoms with Crippen LogP contribution in [0.2, 0.25) is 0 Å². The molecule has 428 valence electrons. The number of carbonyl (C=O) groups excluding carboxylic acids is 8. The number of aliphatic hydroxyl groups is 1. The topological polar surface area (TPSA) is 402 Å². The summed E-state index contributed by atoms with van der Waals surface area (Å²) in [7, 11) is 2.01. The van der Waals surface area contributed by atoms with Crippen LogP contribution in [0.1, 0.15) is 42.3 Å². The van der Waals surface area contributed by atoms with Crippen LogP contribution in [0.5, 0.6) is 0 Å². The number of aromatic amines is 2. The number of aliphatic hydroxyl groups excluding tert-OH is 1. The van der Waals surface area contributed by atoms with Gasteiger partial charge in [-0.25, -0.2) is 4.98 Å².